The summed E-state index contributed by atoms with van der Waals surface area (Å²) in [4.78, 5) is 10.0. The number of benzene rings is 3. The minimum atomic E-state index is -0.228. The van der Waals surface area contributed by atoms with E-state index in [1.165, 1.54) is 11.1 Å². The summed E-state index contributed by atoms with van der Waals surface area (Å²) >= 11 is 0. The Labute approximate surface area is 189 Å². The summed E-state index contributed by atoms with van der Waals surface area (Å²) in [7, 11) is 1.72. The minimum Gasteiger partial charge on any atom is -0.494 e. The summed E-state index contributed by atoms with van der Waals surface area (Å²) in [5, 5.41) is 4.84. The second-order valence-corrected chi connectivity index (χ2v) is 8.35. The summed E-state index contributed by atoms with van der Waals surface area (Å²) in [5.74, 6) is 1.61. The van der Waals surface area contributed by atoms with Crippen LogP contribution in [0.1, 0.15) is 30.0 Å². The third-order valence-corrected chi connectivity index (χ3v) is 6.38. The Kier molecular flexibility index (Phi) is 5.14. The predicted octanol–water partition coefficient (Wildman–Crippen LogP) is 5.87. The number of aryl methyl sites for hydroxylation is 1. The van der Waals surface area contributed by atoms with E-state index in [-0.39, 0.29) is 5.54 Å². The van der Waals surface area contributed by atoms with Gasteiger partial charge in [0.05, 0.1) is 30.3 Å². The van der Waals surface area contributed by atoms with Gasteiger partial charge in [0.2, 0.25) is 0 Å². The number of nitrogens with zero attached hydrogens (tertiary/aromatic N) is 2. The first kappa shape index (κ1) is 20.3. The highest BCUT2D eigenvalue weighted by Crippen LogP contribution is 2.39. The Bertz CT molecular complexity index is 1300. The second-order valence-electron chi connectivity index (χ2n) is 8.35. The molecule has 0 fully saturated rings. The van der Waals surface area contributed by atoms with Crippen LogP contribution < -0.4 is 10.1 Å². The van der Waals surface area contributed by atoms with Gasteiger partial charge >= 0.3 is 0 Å². The molecule has 0 bridgehead atoms. The number of aliphatic imine (C=N–C) groups is 1. The number of pyridine rings is 1. The number of methoxy groups -OCH3 is 1. The fourth-order valence-corrected chi connectivity index (χ4v) is 4.57. The number of aromatic nitrogens is 1. The van der Waals surface area contributed by atoms with Crippen molar-refractivity contribution in [1.82, 2.24) is 10.3 Å². The number of ether oxygens (including phenoxy) is 1. The molecule has 4 nitrogen and oxygen atoms in total. The average Bonchev–Trinajstić information content (AvgIpc) is 3.29. The van der Waals surface area contributed by atoms with Crippen molar-refractivity contribution < 1.29 is 4.74 Å². The van der Waals surface area contributed by atoms with Crippen molar-refractivity contribution in [3.8, 4) is 17.0 Å². The summed E-state index contributed by atoms with van der Waals surface area (Å²) < 4.78 is 6.02. The molecule has 5 rings (SSSR count). The molecule has 1 N–H and O–H groups in total. The topological polar surface area (TPSA) is 46.5 Å². The zero-order valence-electron chi connectivity index (χ0n) is 18.7. The maximum atomic E-state index is 6.02. The molecule has 0 spiro atoms. The van der Waals surface area contributed by atoms with Gasteiger partial charge in [-0.3, -0.25) is 4.99 Å². The molecule has 0 radical (unpaired) electrons. The van der Waals surface area contributed by atoms with Crippen LogP contribution in [-0.4, -0.2) is 24.5 Å². The molecular weight excluding hydrogens is 394 g/mol. The number of amidine groups is 1. The quantitative estimate of drug-likeness (QED) is 0.438. The van der Waals surface area contributed by atoms with E-state index >= 15 is 0 Å². The van der Waals surface area contributed by atoms with Crippen molar-refractivity contribution in [2.45, 2.75) is 25.8 Å². The van der Waals surface area contributed by atoms with Crippen LogP contribution in [0.3, 0.4) is 0 Å². The molecule has 1 unspecified atom stereocenters. The zero-order chi connectivity index (χ0) is 22.1. The fraction of sp³-hybridized carbons (Fsp3) is 0.214. The number of nitrogens with one attached hydrogen (secondary N) is 1. The van der Waals surface area contributed by atoms with Gasteiger partial charge < -0.3 is 10.1 Å². The maximum Gasteiger partial charge on any atom is 0.156 e. The normalized spacial score (nSPS) is 17.8. The van der Waals surface area contributed by atoms with Crippen molar-refractivity contribution >= 4 is 16.7 Å². The lowest BCUT2D eigenvalue weighted by Crippen LogP contribution is -2.42. The summed E-state index contributed by atoms with van der Waals surface area (Å²) in [6, 6.07) is 27.1. The Morgan fingerprint density at radius 1 is 0.969 bits per heavy atom. The molecule has 160 valence electrons. The Balaban J connectivity index is 1.72. The van der Waals surface area contributed by atoms with E-state index in [1.807, 2.05) is 18.2 Å². The fourth-order valence-electron chi connectivity index (χ4n) is 4.57. The molecule has 0 aliphatic carbocycles. The monoisotopic (exact) mass is 421 g/mol. The van der Waals surface area contributed by atoms with Crippen molar-refractivity contribution in [2.24, 2.45) is 4.99 Å². The van der Waals surface area contributed by atoms with Crippen LogP contribution >= 0.6 is 0 Å². The molecule has 2 heterocycles. The van der Waals surface area contributed by atoms with E-state index in [9.17, 15) is 0 Å². The lowest BCUT2D eigenvalue weighted by Gasteiger charge is -2.29. The molecule has 32 heavy (non-hydrogen) atoms. The molecule has 4 heteroatoms. The van der Waals surface area contributed by atoms with E-state index in [0.29, 0.717) is 6.54 Å². The van der Waals surface area contributed by atoms with Crippen molar-refractivity contribution in [2.75, 3.05) is 13.7 Å². The van der Waals surface area contributed by atoms with Crippen LogP contribution in [0.5, 0.6) is 5.75 Å². The molecule has 4 aromatic rings. The summed E-state index contributed by atoms with van der Waals surface area (Å²) in [6.07, 6.45) is 0.930. The standard InChI is InChI=1S/C28H27N3O/c1-4-28(21-13-9-6-10-14-21)18-29-27(31-28)24-22-17-19(2)15-16-23(22)30-25(26(24)32-3)20-11-7-5-8-12-20/h5-17H,4,18H2,1-3H3,(H,29,31). The predicted molar refractivity (Wildman–Crippen MR) is 131 cm³/mol. The van der Waals surface area contributed by atoms with Crippen molar-refractivity contribution in [1.29, 1.82) is 0 Å². The van der Waals surface area contributed by atoms with Crippen LogP contribution in [0.25, 0.3) is 22.2 Å². The van der Waals surface area contributed by atoms with Gasteiger partial charge in [-0.1, -0.05) is 79.2 Å². The van der Waals surface area contributed by atoms with Crippen LogP contribution in [0.15, 0.2) is 83.9 Å². The second kappa shape index (κ2) is 8.12. The Morgan fingerprint density at radius 3 is 2.38 bits per heavy atom. The van der Waals surface area contributed by atoms with E-state index in [1.54, 1.807) is 7.11 Å². The molecular formula is C28H27N3O. The van der Waals surface area contributed by atoms with E-state index < -0.39 is 0 Å². The average molecular weight is 422 g/mol. The van der Waals surface area contributed by atoms with E-state index in [4.69, 9.17) is 14.7 Å². The third-order valence-electron chi connectivity index (χ3n) is 6.38. The maximum absolute atomic E-state index is 6.02. The van der Waals surface area contributed by atoms with Gasteiger partial charge in [0, 0.05) is 10.9 Å². The molecule has 0 saturated carbocycles. The van der Waals surface area contributed by atoms with Gasteiger partial charge in [-0.15, -0.1) is 0 Å². The largest absolute Gasteiger partial charge is 0.494 e. The molecule has 0 amide bonds. The van der Waals surface area contributed by atoms with Gasteiger partial charge in [0.15, 0.2) is 5.75 Å². The Hall–Kier alpha value is -3.66. The van der Waals surface area contributed by atoms with E-state index in [0.717, 1.165) is 45.7 Å². The highest BCUT2D eigenvalue weighted by molar-refractivity contribution is 6.14. The van der Waals surface area contributed by atoms with E-state index in [2.05, 4.69) is 79.8 Å². The summed E-state index contributed by atoms with van der Waals surface area (Å²) in [5.41, 5.74) is 5.97. The zero-order valence-corrected chi connectivity index (χ0v) is 18.7. The highest BCUT2D eigenvalue weighted by Gasteiger charge is 2.37. The highest BCUT2D eigenvalue weighted by atomic mass is 16.5. The molecule has 1 atom stereocenters. The number of hydrogen-bond donors (Lipinski definition) is 1. The number of fused-ring (bicyclic) bond motifs is 1. The minimum absolute atomic E-state index is 0.228. The molecule has 1 aliphatic heterocycles. The number of rotatable bonds is 5. The molecule has 1 aliphatic rings. The molecule has 0 saturated heterocycles. The summed E-state index contributed by atoms with van der Waals surface area (Å²) in [6.45, 7) is 4.99. The first-order valence-electron chi connectivity index (χ1n) is 11.1. The SMILES string of the molecule is CCC1(c2ccccc2)CN=C(c2c(OC)c(-c3ccccc3)nc3ccc(C)cc23)N1. The van der Waals surface area contributed by atoms with Crippen LogP contribution in [0.4, 0.5) is 0 Å². The lowest BCUT2D eigenvalue weighted by molar-refractivity contribution is 0.409. The van der Waals surface area contributed by atoms with Gasteiger partial charge in [0.25, 0.3) is 0 Å². The first-order chi connectivity index (χ1) is 15.6. The van der Waals surface area contributed by atoms with Crippen molar-refractivity contribution in [3.05, 3.63) is 95.6 Å². The van der Waals surface area contributed by atoms with Crippen LogP contribution in [0, 0.1) is 6.92 Å². The van der Waals surface area contributed by atoms with Crippen LogP contribution in [0.2, 0.25) is 0 Å². The molecule has 3 aromatic carbocycles. The third kappa shape index (κ3) is 3.32. The smallest absolute Gasteiger partial charge is 0.156 e. The van der Waals surface area contributed by atoms with Gasteiger partial charge in [0.1, 0.15) is 11.5 Å². The Morgan fingerprint density at radius 2 is 1.69 bits per heavy atom. The molecule has 1 aromatic heterocycles. The van der Waals surface area contributed by atoms with Gasteiger partial charge in [-0.25, -0.2) is 4.98 Å². The van der Waals surface area contributed by atoms with Gasteiger partial charge in [-0.2, -0.15) is 0 Å². The lowest BCUT2D eigenvalue weighted by atomic mass is 9.88. The first-order valence-corrected chi connectivity index (χ1v) is 11.1. The van der Waals surface area contributed by atoms with Crippen molar-refractivity contribution in [3.63, 3.8) is 0 Å². The van der Waals surface area contributed by atoms with Crippen LogP contribution in [-0.2, 0) is 5.54 Å². The number of hydrogen-bond acceptors (Lipinski definition) is 4. The van der Waals surface area contributed by atoms with Gasteiger partial charge in [-0.05, 0) is 31.0 Å².